The van der Waals surface area contributed by atoms with E-state index in [0.29, 0.717) is 11.3 Å². The highest BCUT2D eigenvalue weighted by Crippen LogP contribution is 2.34. The van der Waals surface area contributed by atoms with Gasteiger partial charge in [0.2, 0.25) is 23.6 Å². The number of esters is 1. The van der Waals surface area contributed by atoms with Gasteiger partial charge in [0.05, 0.1) is 25.3 Å². The number of aryl methyl sites for hydroxylation is 1. The van der Waals surface area contributed by atoms with Crippen LogP contribution in [0.3, 0.4) is 0 Å². The van der Waals surface area contributed by atoms with E-state index in [4.69, 9.17) is 9.47 Å². The van der Waals surface area contributed by atoms with Crippen molar-refractivity contribution in [2.45, 2.75) is 124 Å². The highest BCUT2D eigenvalue weighted by Gasteiger charge is 2.43. The number of nitrogens with one attached hydrogen (secondary N) is 2. The van der Waals surface area contributed by atoms with Crippen LogP contribution in [-0.2, 0) is 54.6 Å². The summed E-state index contributed by atoms with van der Waals surface area (Å²) in [7, 11) is 2.79. The second kappa shape index (κ2) is 18.0. The fraction of sp³-hybridized carbons (Fsp3) is 0.478. The Morgan fingerprint density at radius 3 is 2.20 bits per heavy atom. The van der Waals surface area contributed by atoms with Crippen molar-refractivity contribution >= 4 is 41.4 Å². The molecular weight excluding hydrogens is 751 g/mol. The number of anilines is 1. The van der Waals surface area contributed by atoms with E-state index in [-0.39, 0.29) is 37.4 Å². The summed E-state index contributed by atoms with van der Waals surface area (Å²) in [6, 6.07) is 17.3. The van der Waals surface area contributed by atoms with Gasteiger partial charge in [-0.3, -0.25) is 24.1 Å². The Labute approximate surface area is 347 Å². The Morgan fingerprint density at radius 1 is 0.898 bits per heavy atom. The average molecular weight is 810 g/mol. The first kappa shape index (κ1) is 44.4. The van der Waals surface area contributed by atoms with Gasteiger partial charge in [0.15, 0.2) is 0 Å². The van der Waals surface area contributed by atoms with E-state index in [1.165, 1.54) is 36.4 Å². The van der Waals surface area contributed by atoms with Crippen molar-refractivity contribution in [2.75, 3.05) is 19.1 Å². The number of methoxy groups -OCH3 is 1. The van der Waals surface area contributed by atoms with Crippen LogP contribution in [0.4, 0.5) is 10.5 Å². The van der Waals surface area contributed by atoms with E-state index in [9.17, 15) is 24.0 Å². The quantitative estimate of drug-likeness (QED) is 0.228. The molecule has 0 radical (unpaired) electrons. The van der Waals surface area contributed by atoms with Gasteiger partial charge in [-0.05, 0) is 104 Å². The van der Waals surface area contributed by atoms with Crippen LogP contribution in [0.5, 0.6) is 0 Å². The van der Waals surface area contributed by atoms with E-state index < -0.39 is 53.0 Å². The van der Waals surface area contributed by atoms with E-state index >= 15 is 4.79 Å². The number of benzene rings is 3. The molecule has 5 amide bonds. The van der Waals surface area contributed by atoms with Crippen LogP contribution in [0.2, 0.25) is 0 Å². The molecule has 0 fully saturated rings. The van der Waals surface area contributed by atoms with E-state index in [0.717, 1.165) is 41.5 Å². The summed E-state index contributed by atoms with van der Waals surface area (Å²) >= 11 is 0. The van der Waals surface area contributed by atoms with Crippen molar-refractivity contribution in [3.8, 4) is 0 Å². The summed E-state index contributed by atoms with van der Waals surface area (Å²) in [6.45, 7) is 14.0. The molecule has 3 aromatic rings. The summed E-state index contributed by atoms with van der Waals surface area (Å²) in [6.07, 6.45) is 2.13. The zero-order chi connectivity index (χ0) is 43.4. The standard InChI is InChI=1S/C46H59N5O8/c1-28(49(9)44(57)59-46(6,7)8)40(53)48-39(45(3,4)5)42(55)51-27-34-24-35(50(29(2)52)26-30-18-20-32(21-19-30)43(56)58-10)23-22-33(34)25-38(51)41(54)47-37-17-13-15-31-14-11-12-16-36(31)37/h11-12,14,16,18-24,28,37-39H,13,15,17,25-27H2,1-10H3,(H,47,54)(H,48,53)/t28-,37+,38-,39+/m0/s1. The Kier molecular flexibility index (Phi) is 13.6. The number of likely N-dealkylation sites (N-methyl/N-ethyl adjacent to an activating group) is 1. The van der Waals surface area contributed by atoms with Gasteiger partial charge in [-0.1, -0.05) is 63.2 Å². The van der Waals surface area contributed by atoms with Crippen LogP contribution in [0.15, 0.2) is 66.7 Å². The maximum Gasteiger partial charge on any atom is 0.410 e. The van der Waals surface area contributed by atoms with Gasteiger partial charge in [0.1, 0.15) is 23.7 Å². The monoisotopic (exact) mass is 809 g/mol. The van der Waals surface area contributed by atoms with Crippen LogP contribution in [0, 0.1) is 5.41 Å². The lowest BCUT2D eigenvalue weighted by Crippen LogP contribution is -2.62. The molecule has 13 nitrogen and oxygen atoms in total. The molecule has 13 heteroatoms. The fourth-order valence-electron chi connectivity index (χ4n) is 7.55. The predicted molar refractivity (Wildman–Crippen MR) is 224 cm³/mol. The molecule has 0 bridgehead atoms. The van der Waals surface area contributed by atoms with Gasteiger partial charge >= 0.3 is 12.1 Å². The maximum atomic E-state index is 15.0. The van der Waals surface area contributed by atoms with Crippen molar-refractivity contribution in [3.05, 3.63) is 100 Å². The molecule has 316 valence electrons. The number of rotatable bonds is 10. The number of nitrogens with zero attached hydrogens (tertiary/aromatic N) is 3. The summed E-state index contributed by atoms with van der Waals surface area (Å²) in [5, 5.41) is 6.19. The zero-order valence-corrected chi connectivity index (χ0v) is 36.0. The molecule has 1 aliphatic heterocycles. The number of hydrogen-bond donors (Lipinski definition) is 2. The second-order valence-corrected chi connectivity index (χ2v) is 17.7. The maximum absolute atomic E-state index is 15.0. The summed E-state index contributed by atoms with van der Waals surface area (Å²) in [5.74, 6) is -1.97. The van der Waals surface area contributed by atoms with Crippen LogP contribution < -0.4 is 15.5 Å². The number of carbonyl (C=O) groups excluding carboxylic acids is 6. The first-order valence-corrected chi connectivity index (χ1v) is 20.2. The lowest BCUT2D eigenvalue weighted by molar-refractivity contribution is -0.147. The van der Waals surface area contributed by atoms with Gasteiger partial charge < -0.3 is 29.9 Å². The third-order valence-corrected chi connectivity index (χ3v) is 11.0. The molecule has 1 aliphatic carbocycles. The van der Waals surface area contributed by atoms with Gasteiger partial charge in [-0.25, -0.2) is 9.59 Å². The topological polar surface area (TPSA) is 155 Å². The number of carbonyl (C=O) groups is 6. The number of ether oxygens (including phenoxy) is 2. The molecular formula is C46H59N5O8. The Hall–Kier alpha value is -5.72. The lowest BCUT2D eigenvalue weighted by atomic mass is 9.83. The average Bonchev–Trinajstić information content (AvgIpc) is 3.19. The molecule has 0 unspecified atom stereocenters. The van der Waals surface area contributed by atoms with Gasteiger partial charge in [0, 0.05) is 32.6 Å². The largest absolute Gasteiger partial charge is 0.465 e. The Bertz CT molecular complexity index is 2070. The predicted octanol–water partition coefficient (Wildman–Crippen LogP) is 6.26. The molecule has 0 saturated heterocycles. The van der Waals surface area contributed by atoms with Crippen LogP contribution in [-0.4, -0.2) is 83.4 Å². The minimum atomic E-state index is -1.08. The molecule has 5 rings (SSSR count). The van der Waals surface area contributed by atoms with Crippen molar-refractivity contribution < 1.29 is 38.2 Å². The number of hydrogen-bond acceptors (Lipinski definition) is 8. The Morgan fingerprint density at radius 2 is 1.58 bits per heavy atom. The first-order valence-electron chi connectivity index (χ1n) is 20.2. The molecule has 0 spiro atoms. The van der Waals surface area contributed by atoms with E-state index in [2.05, 4.69) is 16.7 Å². The van der Waals surface area contributed by atoms with Crippen molar-refractivity contribution in [3.63, 3.8) is 0 Å². The van der Waals surface area contributed by atoms with Crippen molar-refractivity contribution in [1.82, 2.24) is 20.4 Å². The smallest absolute Gasteiger partial charge is 0.410 e. The molecule has 2 N–H and O–H groups in total. The van der Waals surface area contributed by atoms with Gasteiger partial charge in [0.25, 0.3) is 0 Å². The highest BCUT2D eigenvalue weighted by atomic mass is 16.6. The Balaban J connectivity index is 1.47. The molecule has 59 heavy (non-hydrogen) atoms. The molecule has 0 aromatic heterocycles. The SMILES string of the molecule is COC(=O)c1ccc(CN(C(C)=O)c2ccc3c(c2)CN(C(=O)[C@@H](NC(=O)[C@H](C)N(C)C(=O)OC(C)(C)C)C(C)(C)C)[C@H](C(=O)N[C@@H]2CCCc4ccccc42)C3)cc1. The molecule has 0 saturated carbocycles. The summed E-state index contributed by atoms with van der Waals surface area (Å²) < 4.78 is 10.3. The zero-order valence-electron chi connectivity index (χ0n) is 36.0. The van der Waals surface area contributed by atoms with Crippen LogP contribution >= 0.6 is 0 Å². The van der Waals surface area contributed by atoms with E-state index in [1.807, 2.05) is 57.2 Å². The molecule has 2 aliphatic rings. The summed E-state index contributed by atoms with van der Waals surface area (Å²) in [4.78, 5) is 85.6. The fourth-order valence-corrected chi connectivity index (χ4v) is 7.55. The minimum absolute atomic E-state index is 0.0384. The van der Waals surface area contributed by atoms with Crippen molar-refractivity contribution in [2.24, 2.45) is 5.41 Å². The van der Waals surface area contributed by atoms with Crippen molar-refractivity contribution in [1.29, 1.82) is 0 Å². The normalized spacial score (nSPS) is 17.3. The summed E-state index contributed by atoms with van der Waals surface area (Å²) in [5.41, 5.74) is 4.07. The van der Waals surface area contributed by atoms with Crippen LogP contribution in [0.1, 0.15) is 112 Å². The minimum Gasteiger partial charge on any atom is -0.465 e. The first-order chi connectivity index (χ1) is 27.7. The third kappa shape index (κ3) is 10.7. The number of fused-ring (bicyclic) bond motifs is 2. The number of amides is 5. The van der Waals surface area contributed by atoms with Crippen LogP contribution in [0.25, 0.3) is 0 Å². The molecule has 1 heterocycles. The van der Waals surface area contributed by atoms with Gasteiger partial charge in [-0.15, -0.1) is 0 Å². The van der Waals surface area contributed by atoms with E-state index in [1.54, 1.807) is 56.9 Å². The lowest BCUT2D eigenvalue weighted by Gasteiger charge is -2.42. The second-order valence-electron chi connectivity index (χ2n) is 17.7. The third-order valence-electron chi connectivity index (χ3n) is 11.0. The molecule has 3 aromatic carbocycles. The van der Waals surface area contributed by atoms with Gasteiger partial charge in [-0.2, -0.15) is 0 Å². The molecule has 4 atom stereocenters. The highest BCUT2D eigenvalue weighted by molar-refractivity contribution is 5.95.